The normalized spacial score (nSPS) is 11.6. The lowest BCUT2D eigenvalue weighted by Gasteiger charge is -2.14. The lowest BCUT2D eigenvalue weighted by Crippen LogP contribution is -2.43. The van der Waals surface area contributed by atoms with Crippen molar-refractivity contribution in [2.45, 2.75) is 26.3 Å². The van der Waals surface area contributed by atoms with Crippen molar-refractivity contribution in [3.05, 3.63) is 29.8 Å². The van der Waals surface area contributed by atoms with Crippen LogP contribution in [-0.2, 0) is 4.74 Å². The first-order chi connectivity index (χ1) is 10.1. The van der Waals surface area contributed by atoms with Gasteiger partial charge in [-0.3, -0.25) is 10.1 Å². The smallest absolute Gasteiger partial charge is 0.257 e. The Hall–Kier alpha value is -1.66. The highest BCUT2D eigenvalue weighted by atomic mass is 32.1. The fraction of sp³-hybridized carbons (Fsp3) is 0.467. The van der Waals surface area contributed by atoms with E-state index in [9.17, 15) is 4.79 Å². The average Bonchev–Trinajstić information content (AvgIpc) is 2.47. The van der Waals surface area contributed by atoms with E-state index >= 15 is 0 Å². The molecule has 1 atom stereocenters. The van der Waals surface area contributed by atoms with E-state index in [1.807, 2.05) is 13.8 Å². The van der Waals surface area contributed by atoms with Crippen LogP contribution in [0, 0.1) is 0 Å². The summed E-state index contributed by atoms with van der Waals surface area (Å²) in [6, 6.07) is 7.12. The van der Waals surface area contributed by atoms with Gasteiger partial charge in [0.1, 0.15) is 12.4 Å². The van der Waals surface area contributed by atoms with Crippen molar-refractivity contribution in [1.82, 2.24) is 10.6 Å². The maximum Gasteiger partial charge on any atom is 0.257 e. The van der Waals surface area contributed by atoms with Gasteiger partial charge in [0.05, 0.1) is 6.61 Å². The van der Waals surface area contributed by atoms with Crippen molar-refractivity contribution in [3.63, 3.8) is 0 Å². The minimum absolute atomic E-state index is 0.231. The Bertz CT molecular complexity index is 462. The van der Waals surface area contributed by atoms with Crippen LogP contribution in [0.3, 0.4) is 0 Å². The van der Waals surface area contributed by atoms with Gasteiger partial charge in [0, 0.05) is 18.7 Å². The molecule has 0 aromatic heterocycles. The molecule has 1 unspecified atom stereocenters. The first-order valence-corrected chi connectivity index (χ1v) is 7.31. The number of hydrogen-bond donors (Lipinski definition) is 2. The van der Waals surface area contributed by atoms with E-state index in [-0.39, 0.29) is 11.9 Å². The Morgan fingerprint density at radius 3 is 2.52 bits per heavy atom. The Kier molecular flexibility index (Phi) is 7.71. The van der Waals surface area contributed by atoms with Crippen LogP contribution < -0.4 is 15.4 Å². The van der Waals surface area contributed by atoms with Crippen molar-refractivity contribution in [2.75, 3.05) is 20.3 Å². The maximum atomic E-state index is 12.0. The van der Waals surface area contributed by atoms with Crippen LogP contribution in [-0.4, -0.2) is 37.4 Å². The monoisotopic (exact) mass is 310 g/mol. The number of benzene rings is 1. The fourth-order valence-corrected chi connectivity index (χ4v) is 1.78. The molecule has 1 amide bonds. The largest absolute Gasteiger partial charge is 0.491 e. The minimum atomic E-state index is -0.237. The van der Waals surface area contributed by atoms with Crippen LogP contribution in [0.1, 0.15) is 30.6 Å². The van der Waals surface area contributed by atoms with Gasteiger partial charge in [-0.25, -0.2) is 0 Å². The van der Waals surface area contributed by atoms with Crippen molar-refractivity contribution in [3.8, 4) is 5.75 Å². The molecule has 0 aliphatic heterocycles. The summed E-state index contributed by atoms with van der Waals surface area (Å²) >= 11 is 5.09. The van der Waals surface area contributed by atoms with Gasteiger partial charge in [0.2, 0.25) is 0 Å². The van der Waals surface area contributed by atoms with E-state index in [0.717, 1.165) is 6.42 Å². The Morgan fingerprint density at radius 1 is 1.29 bits per heavy atom. The molecule has 0 saturated carbocycles. The van der Waals surface area contributed by atoms with Gasteiger partial charge < -0.3 is 14.8 Å². The molecule has 1 rings (SSSR count). The standard InChI is InChI=1S/C15H22N2O3S/c1-4-11(2)16-15(21)17-14(18)12-5-7-13(8-6-12)20-10-9-19-3/h5-8,11H,4,9-10H2,1-3H3,(H2,16,17,18,21). The molecular weight excluding hydrogens is 288 g/mol. The number of carbonyl (C=O) groups is 1. The molecule has 1 aromatic rings. The maximum absolute atomic E-state index is 12.0. The highest BCUT2D eigenvalue weighted by molar-refractivity contribution is 7.80. The Morgan fingerprint density at radius 2 is 1.95 bits per heavy atom. The predicted octanol–water partition coefficient (Wildman–Crippen LogP) is 2.11. The van der Waals surface area contributed by atoms with Gasteiger partial charge in [-0.05, 0) is 49.8 Å². The molecular formula is C15H22N2O3S. The van der Waals surface area contributed by atoms with Crippen LogP contribution >= 0.6 is 12.2 Å². The molecule has 21 heavy (non-hydrogen) atoms. The van der Waals surface area contributed by atoms with Crippen molar-refractivity contribution < 1.29 is 14.3 Å². The summed E-state index contributed by atoms with van der Waals surface area (Å²) in [5, 5.41) is 6.03. The van der Waals surface area contributed by atoms with Crippen LogP contribution in [0.25, 0.3) is 0 Å². The fourth-order valence-electron chi connectivity index (χ4n) is 1.48. The van der Waals surface area contributed by atoms with Gasteiger partial charge in [0.15, 0.2) is 5.11 Å². The Labute approximate surface area is 131 Å². The summed E-state index contributed by atoms with van der Waals surface area (Å²) in [5.41, 5.74) is 0.530. The van der Waals surface area contributed by atoms with Gasteiger partial charge in [-0.1, -0.05) is 6.92 Å². The second-order valence-corrected chi connectivity index (χ2v) is 5.01. The molecule has 1 aromatic carbocycles. The van der Waals surface area contributed by atoms with Crippen molar-refractivity contribution in [2.24, 2.45) is 0 Å². The highest BCUT2D eigenvalue weighted by Crippen LogP contribution is 2.12. The quantitative estimate of drug-likeness (QED) is 0.597. The SMILES string of the molecule is CCC(C)NC(=S)NC(=O)c1ccc(OCCOC)cc1. The third kappa shape index (κ3) is 6.55. The first kappa shape index (κ1) is 17.4. The molecule has 0 bridgehead atoms. The van der Waals surface area contributed by atoms with E-state index in [1.165, 1.54) is 0 Å². The van der Waals surface area contributed by atoms with E-state index in [0.29, 0.717) is 29.6 Å². The number of carbonyl (C=O) groups excluding carboxylic acids is 1. The van der Waals surface area contributed by atoms with E-state index in [4.69, 9.17) is 21.7 Å². The third-order valence-electron chi connectivity index (χ3n) is 2.89. The molecule has 0 radical (unpaired) electrons. The minimum Gasteiger partial charge on any atom is -0.491 e. The zero-order chi connectivity index (χ0) is 15.7. The van der Waals surface area contributed by atoms with Crippen LogP contribution in [0.15, 0.2) is 24.3 Å². The van der Waals surface area contributed by atoms with Crippen LogP contribution in [0.5, 0.6) is 5.75 Å². The second-order valence-electron chi connectivity index (χ2n) is 4.60. The number of methoxy groups -OCH3 is 1. The van der Waals surface area contributed by atoms with Gasteiger partial charge in [-0.15, -0.1) is 0 Å². The molecule has 0 saturated heterocycles. The summed E-state index contributed by atoms with van der Waals surface area (Å²) in [6.07, 6.45) is 0.934. The number of hydrogen-bond acceptors (Lipinski definition) is 4. The summed E-state index contributed by atoms with van der Waals surface area (Å²) in [7, 11) is 1.62. The molecule has 0 aliphatic carbocycles. The highest BCUT2D eigenvalue weighted by Gasteiger charge is 2.09. The summed E-state index contributed by atoms with van der Waals surface area (Å²) in [4.78, 5) is 12.0. The number of thiocarbonyl (C=S) groups is 1. The predicted molar refractivity (Wildman–Crippen MR) is 86.8 cm³/mol. The van der Waals surface area contributed by atoms with Gasteiger partial charge in [0.25, 0.3) is 5.91 Å². The topological polar surface area (TPSA) is 59.6 Å². The number of rotatable bonds is 7. The lowest BCUT2D eigenvalue weighted by molar-refractivity contribution is 0.0976. The second kappa shape index (κ2) is 9.31. The average molecular weight is 310 g/mol. The summed E-state index contributed by atoms with van der Waals surface area (Å²) in [5.74, 6) is 0.461. The van der Waals surface area contributed by atoms with Crippen molar-refractivity contribution in [1.29, 1.82) is 0 Å². The molecule has 116 valence electrons. The zero-order valence-electron chi connectivity index (χ0n) is 12.6. The van der Waals surface area contributed by atoms with Crippen LogP contribution in [0.4, 0.5) is 0 Å². The molecule has 2 N–H and O–H groups in total. The molecule has 0 spiro atoms. The van der Waals surface area contributed by atoms with E-state index < -0.39 is 0 Å². The van der Waals surface area contributed by atoms with Crippen LogP contribution in [0.2, 0.25) is 0 Å². The number of ether oxygens (including phenoxy) is 2. The molecule has 5 nitrogen and oxygen atoms in total. The van der Waals surface area contributed by atoms with Gasteiger partial charge >= 0.3 is 0 Å². The Balaban J connectivity index is 2.49. The first-order valence-electron chi connectivity index (χ1n) is 6.90. The summed E-state index contributed by atoms with van der Waals surface area (Å²) in [6.45, 7) is 5.05. The molecule has 0 fully saturated rings. The zero-order valence-corrected chi connectivity index (χ0v) is 13.5. The molecule has 0 aliphatic rings. The van der Waals surface area contributed by atoms with Gasteiger partial charge in [-0.2, -0.15) is 0 Å². The summed E-state index contributed by atoms with van der Waals surface area (Å²) < 4.78 is 10.3. The molecule has 0 heterocycles. The van der Waals surface area contributed by atoms with E-state index in [2.05, 4.69) is 10.6 Å². The number of nitrogens with one attached hydrogen (secondary N) is 2. The third-order valence-corrected chi connectivity index (χ3v) is 3.11. The lowest BCUT2D eigenvalue weighted by atomic mass is 10.2. The molecule has 6 heteroatoms. The van der Waals surface area contributed by atoms with E-state index in [1.54, 1.807) is 31.4 Å². The van der Waals surface area contributed by atoms with Crippen molar-refractivity contribution >= 4 is 23.2 Å². The number of amides is 1.